The van der Waals surface area contributed by atoms with E-state index in [1.54, 1.807) is 0 Å². The summed E-state index contributed by atoms with van der Waals surface area (Å²) in [6.45, 7) is 0. The van der Waals surface area contributed by atoms with Crippen molar-refractivity contribution in [2.75, 3.05) is 0 Å². The molecule has 1 fully saturated rings. The van der Waals surface area contributed by atoms with Crippen LogP contribution in [0, 0.1) is 0 Å². The zero-order valence-electron chi connectivity index (χ0n) is 8.16. The van der Waals surface area contributed by atoms with Crippen LogP contribution < -0.4 is 5.73 Å². The Morgan fingerprint density at radius 1 is 1.50 bits per heavy atom. The third-order valence-corrected chi connectivity index (χ3v) is 3.82. The molecule has 0 aliphatic heterocycles. The average molecular weight is 209 g/mol. The van der Waals surface area contributed by atoms with Crippen molar-refractivity contribution in [3.63, 3.8) is 0 Å². The van der Waals surface area contributed by atoms with Crippen LogP contribution in [0.15, 0.2) is 17.5 Å². The largest absolute Gasteiger partial charge is 0.325 e. The van der Waals surface area contributed by atoms with E-state index >= 15 is 0 Å². The van der Waals surface area contributed by atoms with Gasteiger partial charge < -0.3 is 5.73 Å². The lowest BCUT2D eigenvalue weighted by atomic mass is 9.92. The summed E-state index contributed by atoms with van der Waals surface area (Å²) in [5, 5.41) is 1.94. The van der Waals surface area contributed by atoms with Gasteiger partial charge in [0.15, 0.2) is 5.78 Å². The molecule has 14 heavy (non-hydrogen) atoms. The minimum atomic E-state index is -0.207. The molecule has 1 aromatic heterocycles. The highest BCUT2D eigenvalue weighted by atomic mass is 32.1. The highest BCUT2D eigenvalue weighted by molar-refractivity contribution is 7.12. The van der Waals surface area contributed by atoms with Crippen molar-refractivity contribution in [2.45, 2.75) is 37.6 Å². The second kappa shape index (κ2) is 3.83. The van der Waals surface area contributed by atoms with E-state index in [1.165, 1.54) is 24.2 Å². The van der Waals surface area contributed by atoms with E-state index in [4.69, 9.17) is 5.73 Å². The van der Waals surface area contributed by atoms with Gasteiger partial charge >= 0.3 is 0 Å². The molecule has 0 saturated heterocycles. The predicted octanol–water partition coefficient (Wildman–Crippen LogP) is 2.59. The molecule has 0 bridgehead atoms. The fourth-order valence-corrected chi connectivity index (χ4v) is 2.76. The van der Waals surface area contributed by atoms with E-state index in [2.05, 4.69) is 0 Å². The third-order valence-electron chi connectivity index (χ3n) is 2.91. The first kappa shape index (κ1) is 9.87. The summed E-state index contributed by atoms with van der Waals surface area (Å²) in [5.41, 5.74) is 5.94. The van der Waals surface area contributed by atoms with Crippen LogP contribution in [0.3, 0.4) is 0 Å². The van der Waals surface area contributed by atoms with E-state index < -0.39 is 0 Å². The monoisotopic (exact) mass is 209 g/mol. The minimum absolute atomic E-state index is 0.207. The van der Waals surface area contributed by atoms with Gasteiger partial charge in [-0.15, -0.1) is 11.3 Å². The lowest BCUT2D eigenvalue weighted by molar-refractivity contribution is 0.0956. The first-order valence-corrected chi connectivity index (χ1v) is 5.93. The molecular formula is C11H15NOS. The second-order valence-corrected chi connectivity index (χ2v) is 5.09. The molecule has 76 valence electrons. The van der Waals surface area contributed by atoms with Crippen molar-refractivity contribution in [2.24, 2.45) is 5.73 Å². The van der Waals surface area contributed by atoms with Crippen molar-refractivity contribution in [3.8, 4) is 0 Å². The fraction of sp³-hybridized carbons (Fsp3) is 0.545. The molecule has 1 aliphatic rings. The first-order valence-electron chi connectivity index (χ1n) is 5.05. The van der Waals surface area contributed by atoms with Gasteiger partial charge in [0, 0.05) is 12.0 Å². The Bertz CT molecular complexity index is 312. The van der Waals surface area contributed by atoms with Crippen molar-refractivity contribution in [1.29, 1.82) is 0 Å². The third kappa shape index (κ3) is 2.04. The highest BCUT2D eigenvalue weighted by Gasteiger charge is 2.32. The zero-order chi connectivity index (χ0) is 10.0. The van der Waals surface area contributed by atoms with Gasteiger partial charge in [0.25, 0.3) is 0 Å². The smallest absolute Gasteiger partial charge is 0.174 e. The van der Waals surface area contributed by atoms with Gasteiger partial charge in [-0.1, -0.05) is 18.9 Å². The topological polar surface area (TPSA) is 43.1 Å². The van der Waals surface area contributed by atoms with Crippen LogP contribution in [0.2, 0.25) is 0 Å². The van der Waals surface area contributed by atoms with Crippen molar-refractivity contribution < 1.29 is 4.79 Å². The van der Waals surface area contributed by atoms with Gasteiger partial charge in [-0.25, -0.2) is 0 Å². The summed E-state index contributed by atoms with van der Waals surface area (Å²) >= 11 is 1.51. The molecule has 1 aliphatic carbocycles. The second-order valence-electron chi connectivity index (χ2n) is 4.15. The number of rotatable bonds is 3. The molecule has 0 unspecified atom stereocenters. The summed E-state index contributed by atoms with van der Waals surface area (Å²) in [4.78, 5) is 12.6. The molecule has 1 saturated carbocycles. The molecule has 1 heterocycles. The number of carbonyl (C=O) groups excluding carboxylic acids is 1. The van der Waals surface area contributed by atoms with Crippen LogP contribution in [0.25, 0.3) is 0 Å². The van der Waals surface area contributed by atoms with E-state index in [-0.39, 0.29) is 11.3 Å². The van der Waals surface area contributed by atoms with Gasteiger partial charge in [0.1, 0.15) is 0 Å². The quantitative estimate of drug-likeness (QED) is 0.777. The SMILES string of the molecule is NC1(CC(=O)c2cccs2)CCCC1. The Morgan fingerprint density at radius 3 is 2.79 bits per heavy atom. The summed E-state index contributed by atoms with van der Waals surface area (Å²) in [7, 11) is 0. The van der Waals surface area contributed by atoms with Crippen molar-refractivity contribution >= 4 is 17.1 Å². The maximum Gasteiger partial charge on any atom is 0.174 e. The van der Waals surface area contributed by atoms with Crippen LogP contribution in [0.1, 0.15) is 41.8 Å². The maximum atomic E-state index is 11.8. The van der Waals surface area contributed by atoms with Crippen molar-refractivity contribution in [3.05, 3.63) is 22.4 Å². The van der Waals surface area contributed by atoms with Gasteiger partial charge in [0.2, 0.25) is 0 Å². The number of thiophene rings is 1. The normalized spacial score (nSPS) is 19.8. The molecule has 0 spiro atoms. The summed E-state index contributed by atoms with van der Waals surface area (Å²) < 4.78 is 0. The standard InChI is InChI=1S/C11H15NOS/c12-11(5-1-2-6-11)8-9(13)10-4-3-7-14-10/h3-4,7H,1-2,5-6,8,12H2. The lowest BCUT2D eigenvalue weighted by Crippen LogP contribution is -2.38. The molecule has 2 nitrogen and oxygen atoms in total. The molecular weight excluding hydrogens is 194 g/mol. The number of Topliss-reactive ketones (excluding diaryl/α,β-unsaturated/α-hetero) is 1. The maximum absolute atomic E-state index is 11.8. The van der Waals surface area contributed by atoms with E-state index in [9.17, 15) is 4.79 Å². The fourth-order valence-electron chi connectivity index (χ4n) is 2.10. The van der Waals surface area contributed by atoms with Crippen LogP contribution in [-0.4, -0.2) is 11.3 Å². The van der Waals surface area contributed by atoms with E-state index in [1.807, 2.05) is 17.5 Å². The van der Waals surface area contributed by atoms with Crippen molar-refractivity contribution in [1.82, 2.24) is 0 Å². The number of carbonyl (C=O) groups is 1. The Hall–Kier alpha value is -0.670. The predicted molar refractivity (Wildman–Crippen MR) is 58.7 cm³/mol. The Labute approximate surface area is 88.1 Å². The first-order chi connectivity index (χ1) is 6.70. The van der Waals surface area contributed by atoms with E-state index in [0.717, 1.165) is 17.7 Å². The van der Waals surface area contributed by atoms with Crippen LogP contribution in [0.4, 0.5) is 0 Å². The lowest BCUT2D eigenvalue weighted by Gasteiger charge is -2.21. The van der Waals surface area contributed by atoms with Gasteiger partial charge in [-0.2, -0.15) is 0 Å². The molecule has 0 aromatic carbocycles. The van der Waals surface area contributed by atoms with Crippen LogP contribution in [-0.2, 0) is 0 Å². The van der Waals surface area contributed by atoms with Crippen LogP contribution in [0.5, 0.6) is 0 Å². The molecule has 2 N–H and O–H groups in total. The summed E-state index contributed by atoms with van der Waals surface area (Å²) in [6.07, 6.45) is 4.88. The number of hydrogen-bond acceptors (Lipinski definition) is 3. The number of ketones is 1. The molecule has 2 rings (SSSR count). The average Bonchev–Trinajstić information content (AvgIpc) is 2.74. The molecule has 1 aromatic rings. The molecule has 3 heteroatoms. The Morgan fingerprint density at radius 2 is 2.21 bits per heavy atom. The molecule has 0 radical (unpaired) electrons. The zero-order valence-corrected chi connectivity index (χ0v) is 8.98. The minimum Gasteiger partial charge on any atom is -0.325 e. The summed E-state index contributed by atoms with van der Waals surface area (Å²) in [6, 6.07) is 3.79. The molecule has 0 atom stereocenters. The molecule has 0 amide bonds. The number of hydrogen-bond donors (Lipinski definition) is 1. The highest BCUT2D eigenvalue weighted by Crippen LogP contribution is 2.31. The Kier molecular flexibility index (Phi) is 2.70. The summed E-state index contributed by atoms with van der Waals surface area (Å²) in [5.74, 6) is 0.212. The van der Waals surface area contributed by atoms with Gasteiger partial charge in [-0.3, -0.25) is 4.79 Å². The Balaban J connectivity index is 2.01. The van der Waals surface area contributed by atoms with E-state index in [0.29, 0.717) is 6.42 Å². The van der Waals surface area contributed by atoms with Crippen LogP contribution >= 0.6 is 11.3 Å². The number of nitrogens with two attached hydrogens (primary N) is 1. The van der Waals surface area contributed by atoms with Gasteiger partial charge in [-0.05, 0) is 24.3 Å². The van der Waals surface area contributed by atoms with Gasteiger partial charge in [0.05, 0.1) is 4.88 Å².